The number of hydrogen-bond donors (Lipinski definition) is 1. The molecule has 2 rings (SSSR count). The van der Waals surface area contributed by atoms with Gasteiger partial charge in [-0.1, -0.05) is 13.8 Å². The lowest BCUT2D eigenvalue weighted by molar-refractivity contribution is -0.136. The second-order valence-corrected chi connectivity index (χ2v) is 6.11. The fraction of sp³-hybridized carbons (Fsp3) is 0.643. The number of carbonyl (C=O) groups is 1. The van der Waals surface area contributed by atoms with Gasteiger partial charge >= 0.3 is 11.7 Å². The Morgan fingerprint density at radius 3 is 2.53 bits per heavy atom. The molecule has 1 unspecified atom stereocenters. The Morgan fingerprint density at radius 1 is 1.47 bits per heavy atom. The molecule has 1 saturated carbocycles. The van der Waals surface area contributed by atoms with E-state index in [1.165, 1.54) is 0 Å². The van der Waals surface area contributed by atoms with Crippen LogP contribution < -0.4 is 5.69 Å². The van der Waals surface area contributed by atoms with Gasteiger partial charge in [-0.2, -0.15) is 4.98 Å². The summed E-state index contributed by atoms with van der Waals surface area (Å²) in [6, 6.07) is 0. The molecule has 0 aromatic carbocycles. The Balaban J connectivity index is 2.38. The molecule has 1 aromatic rings. The van der Waals surface area contributed by atoms with Crippen LogP contribution in [-0.2, 0) is 17.8 Å². The first-order chi connectivity index (χ1) is 8.72. The van der Waals surface area contributed by atoms with Crippen molar-refractivity contribution in [3.63, 3.8) is 0 Å². The summed E-state index contributed by atoms with van der Waals surface area (Å²) >= 11 is 0. The minimum absolute atomic E-state index is 0.0843. The van der Waals surface area contributed by atoms with Crippen molar-refractivity contribution in [3.8, 4) is 0 Å². The maximum Gasteiger partial charge on any atom is 0.347 e. The Labute approximate surface area is 112 Å². The summed E-state index contributed by atoms with van der Waals surface area (Å²) in [5.41, 5.74) is 1.93. The fourth-order valence-electron chi connectivity index (χ4n) is 2.57. The molecular weight excluding hydrogens is 244 g/mol. The first kappa shape index (κ1) is 13.8. The van der Waals surface area contributed by atoms with E-state index < -0.39 is 5.97 Å². The topological polar surface area (TPSA) is 72.2 Å². The van der Waals surface area contributed by atoms with Crippen LogP contribution in [0.2, 0.25) is 0 Å². The quantitative estimate of drug-likeness (QED) is 0.895. The first-order valence-corrected chi connectivity index (χ1v) is 6.51. The SMILES string of the molecule is Cc1nc(=O)n(CC2CC2(C)C)c(C)c1CC(=O)O. The molecule has 1 aromatic heterocycles. The average Bonchev–Trinajstić information content (AvgIpc) is 2.87. The van der Waals surface area contributed by atoms with Gasteiger partial charge in [0.25, 0.3) is 0 Å². The molecule has 1 N–H and O–H groups in total. The van der Waals surface area contributed by atoms with Crippen molar-refractivity contribution in [2.24, 2.45) is 11.3 Å². The van der Waals surface area contributed by atoms with Gasteiger partial charge in [-0.25, -0.2) is 4.79 Å². The molecule has 19 heavy (non-hydrogen) atoms. The van der Waals surface area contributed by atoms with E-state index in [2.05, 4.69) is 18.8 Å². The third kappa shape index (κ3) is 2.69. The van der Waals surface area contributed by atoms with Gasteiger partial charge in [0.1, 0.15) is 0 Å². The van der Waals surface area contributed by atoms with E-state index in [9.17, 15) is 9.59 Å². The summed E-state index contributed by atoms with van der Waals surface area (Å²) in [6.07, 6.45) is 1.01. The molecule has 5 heteroatoms. The molecule has 1 aliphatic carbocycles. The summed E-state index contributed by atoms with van der Waals surface area (Å²) in [5, 5.41) is 8.94. The maximum atomic E-state index is 12.0. The third-order valence-electron chi connectivity index (χ3n) is 4.22. The van der Waals surface area contributed by atoms with Gasteiger partial charge in [-0.15, -0.1) is 0 Å². The van der Waals surface area contributed by atoms with Gasteiger partial charge in [0.05, 0.1) is 6.42 Å². The van der Waals surface area contributed by atoms with Crippen molar-refractivity contribution in [2.45, 2.75) is 47.1 Å². The van der Waals surface area contributed by atoms with E-state index in [0.717, 1.165) is 12.1 Å². The number of hydrogen-bond acceptors (Lipinski definition) is 3. The summed E-state index contributed by atoms with van der Waals surface area (Å²) in [7, 11) is 0. The van der Waals surface area contributed by atoms with Crippen LogP contribution in [0, 0.1) is 25.2 Å². The second kappa shape index (κ2) is 4.47. The number of nitrogens with zero attached hydrogens (tertiary/aromatic N) is 2. The summed E-state index contributed by atoms with van der Waals surface area (Å²) in [6.45, 7) is 8.50. The summed E-state index contributed by atoms with van der Waals surface area (Å²) < 4.78 is 1.63. The van der Waals surface area contributed by atoms with Crippen molar-refractivity contribution in [1.29, 1.82) is 0 Å². The summed E-state index contributed by atoms with van der Waals surface area (Å²) in [4.78, 5) is 26.8. The Kier molecular flexibility index (Phi) is 3.24. The van der Waals surface area contributed by atoms with E-state index in [1.54, 1.807) is 11.5 Å². The molecule has 104 valence electrons. The second-order valence-electron chi connectivity index (χ2n) is 6.11. The number of aliphatic carboxylic acids is 1. The van der Waals surface area contributed by atoms with Crippen LogP contribution in [-0.4, -0.2) is 20.6 Å². The first-order valence-electron chi connectivity index (χ1n) is 6.51. The van der Waals surface area contributed by atoms with Gasteiger partial charge in [0.15, 0.2) is 0 Å². The lowest BCUT2D eigenvalue weighted by Gasteiger charge is -2.15. The van der Waals surface area contributed by atoms with E-state index in [1.807, 2.05) is 6.92 Å². The van der Waals surface area contributed by atoms with Crippen LogP contribution in [0.4, 0.5) is 0 Å². The van der Waals surface area contributed by atoms with E-state index in [4.69, 9.17) is 5.11 Å². The highest BCUT2D eigenvalue weighted by atomic mass is 16.4. The van der Waals surface area contributed by atoms with E-state index in [0.29, 0.717) is 23.7 Å². The highest BCUT2D eigenvalue weighted by molar-refractivity contribution is 5.70. The highest BCUT2D eigenvalue weighted by Crippen LogP contribution is 2.52. The molecule has 0 spiro atoms. The smallest absolute Gasteiger partial charge is 0.347 e. The minimum atomic E-state index is -0.898. The lowest BCUT2D eigenvalue weighted by atomic mass is 10.1. The van der Waals surface area contributed by atoms with E-state index >= 15 is 0 Å². The zero-order valence-electron chi connectivity index (χ0n) is 11.9. The Bertz CT molecular complexity index is 587. The highest BCUT2D eigenvalue weighted by Gasteiger charge is 2.45. The number of aryl methyl sites for hydroxylation is 1. The van der Waals surface area contributed by atoms with Gasteiger partial charge in [-0.05, 0) is 31.6 Å². The van der Waals surface area contributed by atoms with Gasteiger partial charge < -0.3 is 5.11 Å². The molecular formula is C14H20N2O3. The Hall–Kier alpha value is -1.65. The molecule has 0 saturated heterocycles. The van der Waals surface area contributed by atoms with E-state index in [-0.39, 0.29) is 17.5 Å². The lowest BCUT2D eigenvalue weighted by Crippen LogP contribution is -2.29. The number of aromatic nitrogens is 2. The number of carboxylic acid groups (broad SMARTS) is 1. The monoisotopic (exact) mass is 264 g/mol. The average molecular weight is 264 g/mol. The third-order valence-corrected chi connectivity index (χ3v) is 4.22. The molecule has 1 fully saturated rings. The molecule has 0 aliphatic heterocycles. The van der Waals surface area contributed by atoms with Gasteiger partial charge in [0, 0.05) is 23.5 Å². The van der Waals surface area contributed by atoms with Crippen molar-refractivity contribution >= 4 is 5.97 Å². The van der Waals surface area contributed by atoms with Gasteiger partial charge in [0.2, 0.25) is 0 Å². The van der Waals surface area contributed by atoms with Crippen LogP contribution >= 0.6 is 0 Å². The van der Waals surface area contributed by atoms with Crippen molar-refractivity contribution < 1.29 is 9.90 Å². The van der Waals surface area contributed by atoms with Crippen LogP contribution in [0.1, 0.15) is 37.2 Å². The molecule has 1 heterocycles. The minimum Gasteiger partial charge on any atom is -0.481 e. The molecule has 0 amide bonds. The predicted octanol–water partition coefficient (Wildman–Crippen LogP) is 1.53. The number of carboxylic acids is 1. The van der Waals surface area contributed by atoms with Crippen LogP contribution in [0.3, 0.4) is 0 Å². The van der Waals surface area contributed by atoms with Crippen molar-refractivity contribution in [2.75, 3.05) is 0 Å². The summed E-state index contributed by atoms with van der Waals surface area (Å²) in [5.74, 6) is -0.420. The Morgan fingerprint density at radius 2 is 2.05 bits per heavy atom. The van der Waals surface area contributed by atoms with Crippen LogP contribution in [0.5, 0.6) is 0 Å². The van der Waals surface area contributed by atoms with Crippen molar-refractivity contribution in [1.82, 2.24) is 9.55 Å². The van der Waals surface area contributed by atoms with Gasteiger partial charge in [-0.3, -0.25) is 9.36 Å². The van der Waals surface area contributed by atoms with Crippen molar-refractivity contribution in [3.05, 3.63) is 27.4 Å². The number of rotatable bonds is 4. The molecule has 0 radical (unpaired) electrons. The predicted molar refractivity (Wildman–Crippen MR) is 71.2 cm³/mol. The zero-order valence-corrected chi connectivity index (χ0v) is 11.9. The maximum absolute atomic E-state index is 12.0. The fourth-order valence-corrected chi connectivity index (χ4v) is 2.57. The standard InChI is InChI=1S/C14H20N2O3/c1-8-11(5-12(17)18)9(2)16(13(19)15-8)7-10-6-14(10,3)4/h10H,5-7H2,1-4H3,(H,17,18). The van der Waals surface area contributed by atoms with Crippen LogP contribution in [0.25, 0.3) is 0 Å². The largest absolute Gasteiger partial charge is 0.481 e. The molecule has 5 nitrogen and oxygen atoms in total. The molecule has 1 aliphatic rings. The van der Waals surface area contributed by atoms with Crippen LogP contribution in [0.15, 0.2) is 4.79 Å². The molecule has 1 atom stereocenters. The zero-order chi connectivity index (χ0) is 14.4. The molecule has 0 bridgehead atoms. The normalized spacial score (nSPS) is 20.3.